The van der Waals surface area contributed by atoms with E-state index < -0.39 is 0 Å². The number of hydrogen-bond acceptors (Lipinski definition) is 3. The number of carbonyl (C=O) groups is 1. The van der Waals surface area contributed by atoms with Crippen LogP contribution in [0.1, 0.15) is 17.3 Å². The number of rotatable bonds is 6. The first-order valence-corrected chi connectivity index (χ1v) is 6.96. The predicted molar refractivity (Wildman–Crippen MR) is 73.6 cm³/mol. The molecule has 2 N–H and O–H groups in total. The molecule has 0 heterocycles. The van der Waals surface area contributed by atoms with Crippen molar-refractivity contribution >= 4 is 17.7 Å². The van der Waals surface area contributed by atoms with Crippen LogP contribution in [0.4, 0.5) is 0 Å². The van der Waals surface area contributed by atoms with E-state index in [1.807, 2.05) is 37.6 Å². The van der Waals surface area contributed by atoms with Gasteiger partial charge in [-0.15, -0.1) is 11.8 Å². The standard InChI is InChI=1S/C13H20N2OS/c1-10(8-14-2)9-15-13(16)11-4-6-12(17-3)7-5-11/h4-7,10,14H,8-9H2,1-3H3,(H,15,16). The van der Waals surface area contributed by atoms with Gasteiger partial charge in [-0.25, -0.2) is 0 Å². The predicted octanol–water partition coefficient (Wildman–Crippen LogP) is 1.99. The molecule has 0 spiro atoms. The molecule has 0 fully saturated rings. The summed E-state index contributed by atoms with van der Waals surface area (Å²) in [4.78, 5) is 13.0. The molecular formula is C13H20N2OS. The van der Waals surface area contributed by atoms with Gasteiger partial charge in [0.05, 0.1) is 0 Å². The molecule has 1 aromatic carbocycles. The van der Waals surface area contributed by atoms with Crippen LogP contribution < -0.4 is 10.6 Å². The summed E-state index contributed by atoms with van der Waals surface area (Å²) in [5, 5.41) is 6.03. The fourth-order valence-corrected chi connectivity index (χ4v) is 1.94. The van der Waals surface area contributed by atoms with E-state index >= 15 is 0 Å². The third kappa shape index (κ3) is 4.79. The summed E-state index contributed by atoms with van der Waals surface area (Å²) < 4.78 is 0. The van der Waals surface area contributed by atoms with Gasteiger partial charge in [0.2, 0.25) is 0 Å². The van der Waals surface area contributed by atoms with Gasteiger partial charge in [-0.05, 0) is 50.0 Å². The van der Waals surface area contributed by atoms with E-state index in [0.717, 1.165) is 12.1 Å². The topological polar surface area (TPSA) is 41.1 Å². The highest BCUT2D eigenvalue weighted by Crippen LogP contribution is 2.14. The molecule has 3 nitrogen and oxygen atoms in total. The molecule has 1 unspecified atom stereocenters. The maximum atomic E-state index is 11.8. The number of carbonyl (C=O) groups excluding carboxylic acids is 1. The lowest BCUT2D eigenvalue weighted by molar-refractivity contribution is 0.0948. The van der Waals surface area contributed by atoms with Crippen LogP contribution in [0.3, 0.4) is 0 Å². The summed E-state index contributed by atoms with van der Waals surface area (Å²) in [7, 11) is 1.92. The van der Waals surface area contributed by atoms with Crippen molar-refractivity contribution < 1.29 is 4.79 Å². The Bertz CT molecular complexity index is 351. The molecule has 94 valence electrons. The van der Waals surface area contributed by atoms with Crippen molar-refractivity contribution in [3.8, 4) is 0 Å². The van der Waals surface area contributed by atoms with Crippen molar-refractivity contribution in [1.82, 2.24) is 10.6 Å². The quantitative estimate of drug-likeness (QED) is 0.761. The highest BCUT2D eigenvalue weighted by atomic mass is 32.2. The minimum Gasteiger partial charge on any atom is -0.352 e. The zero-order valence-electron chi connectivity index (χ0n) is 10.6. The van der Waals surface area contributed by atoms with E-state index in [2.05, 4.69) is 17.6 Å². The molecule has 0 radical (unpaired) electrons. The zero-order chi connectivity index (χ0) is 12.7. The van der Waals surface area contributed by atoms with Gasteiger partial charge in [-0.1, -0.05) is 6.92 Å². The minimum absolute atomic E-state index is 0.000561. The molecule has 4 heteroatoms. The molecular weight excluding hydrogens is 232 g/mol. The average molecular weight is 252 g/mol. The minimum atomic E-state index is 0.000561. The zero-order valence-corrected chi connectivity index (χ0v) is 11.4. The first-order chi connectivity index (χ1) is 8.17. The highest BCUT2D eigenvalue weighted by Gasteiger charge is 2.07. The second kappa shape index (κ2) is 7.35. The van der Waals surface area contributed by atoms with Crippen LogP contribution in [0, 0.1) is 5.92 Å². The molecule has 0 saturated carbocycles. The Balaban J connectivity index is 2.46. The molecule has 0 aliphatic carbocycles. The molecule has 0 aliphatic rings. The van der Waals surface area contributed by atoms with Crippen molar-refractivity contribution in [3.63, 3.8) is 0 Å². The monoisotopic (exact) mass is 252 g/mol. The lowest BCUT2D eigenvalue weighted by atomic mass is 10.1. The Morgan fingerprint density at radius 1 is 1.29 bits per heavy atom. The van der Waals surface area contributed by atoms with Gasteiger partial charge < -0.3 is 10.6 Å². The molecule has 0 aromatic heterocycles. The molecule has 0 saturated heterocycles. The summed E-state index contributed by atoms with van der Waals surface area (Å²) in [6.07, 6.45) is 2.02. The van der Waals surface area contributed by atoms with Crippen molar-refractivity contribution in [2.75, 3.05) is 26.4 Å². The Kier molecular flexibility index (Phi) is 6.08. The van der Waals surface area contributed by atoms with E-state index in [0.29, 0.717) is 12.5 Å². The molecule has 1 amide bonds. The van der Waals surface area contributed by atoms with E-state index in [4.69, 9.17) is 0 Å². The summed E-state index contributed by atoms with van der Waals surface area (Å²) in [6.45, 7) is 3.71. The van der Waals surface area contributed by atoms with E-state index in [1.165, 1.54) is 4.90 Å². The van der Waals surface area contributed by atoms with E-state index in [9.17, 15) is 4.79 Å². The van der Waals surface area contributed by atoms with Crippen LogP contribution in [0.5, 0.6) is 0 Å². The van der Waals surface area contributed by atoms with Gasteiger partial charge >= 0.3 is 0 Å². The average Bonchev–Trinajstić information content (AvgIpc) is 2.36. The van der Waals surface area contributed by atoms with Crippen LogP contribution >= 0.6 is 11.8 Å². The van der Waals surface area contributed by atoms with Crippen LogP contribution in [0.15, 0.2) is 29.2 Å². The number of hydrogen-bond donors (Lipinski definition) is 2. The van der Waals surface area contributed by atoms with Crippen molar-refractivity contribution in [2.45, 2.75) is 11.8 Å². The molecule has 0 aliphatic heterocycles. The van der Waals surface area contributed by atoms with Crippen molar-refractivity contribution in [1.29, 1.82) is 0 Å². The smallest absolute Gasteiger partial charge is 0.251 e. The van der Waals surface area contributed by atoms with Crippen molar-refractivity contribution in [3.05, 3.63) is 29.8 Å². The number of amides is 1. The third-order valence-corrected chi connectivity index (χ3v) is 3.26. The van der Waals surface area contributed by atoms with Gasteiger partial charge in [-0.2, -0.15) is 0 Å². The van der Waals surface area contributed by atoms with E-state index in [1.54, 1.807) is 11.8 Å². The Morgan fingerprint density at radius 3 is 2.47 bits per heavy atom. The number of thioether (sulfide) groups is 1. The summed E-state index contributed by atoms with van der Waals surface area (Å²) in [5.74, 6) is 0.440. The summed E-state index contributed by atoms with van der Waals surface area (Å²) in [5.41, 5.74) is 0.722. The fraction of sp³-hybridized carbons (Fsp3) is 0.462. The van der Waals surface area contributed by atoms with Gasteiger partial charge in [0, 0.05) is 17.0 Å². The summed E-state index contributed by atoms with van der Waals surface area (Å²) >= 11 is 1.67. The van der Waals surface area contributed by atoms with Crippen LogP contribution in [-0.4, -0.2) is 32.3 Å². The SMILES string of the molecule is CNCC(C)CNC(=O)c1ccc(SC)cc1. The maximum absolute atomic E-state index is 11.8. The molecule has 17 heavy (non-hydrogen) atoms. The highest BCUT2D eigenvalue weighted by molar-refractivity contribution is 7.98. The lowest BCUT2D eigenvalue weighted by Gasteiger charge is -2.12. The van der Waals surface area contributed by atoms with Crippen LogP contribution in [0.2, 0.25) is 0 Å². The molecule has 1 atom stereocenters. The van der Waals surface area contributed by atoms with Gasteiger partial charge in [-0.3, -0.25) is 4.79 Å². The second-order valence-electron chi connectivity index (χ2n) is 4.10. The molecule has 1 rings (SSSR count). The largest absolute Gasteiger partial charge is 0.352 e. The summed E-state index contributed by atoms with van der Waals surface area (Å²) in [6, 6.07) is 7.67. The van der Waals surface area contributed by atoms with E-state index in [-0.39, 0.29) is 5.91 Å². The molecule has 0 bridgehead atoms. The molecule has 1 aromatic rings. The van der Waals surface area contributed by atoms with Crippen molar-refractivity contribution in [2.24, 2.45) is 5.92 Å². The normalized spacial score (nSPS) is 12.2. The first-order valence-electron chi connectivity index (χ1n) is 5.74. The first kappa shape index (κ1) is 14.1. The van der Waals surface area contributed by atoms with Crippen LogP contribution in [-0.2, 0) is 0 Å². The van der Waals surface area contributed by atoms with Gasteiger partial charge in [0.25, 0.3) is 5.91 Å². The number of nitrogens with one attached hydrogen (secondary N) is 2. The second-order valence-corrected chi connectivity index (χ2v) is 4.98. The Labute approximate surface area is 107 Å². The van der Waals surface area contributed by atoms with Gasteiger partial charge in [0.1, 0.15) is 0 Å². The Hall–Kier alpha value is -1.00. The maximum Gasteiger partial charge on any atom is 0.251 e. The van der Waals surface area contributed by atoms with Gasteiger partial charge in [0.15, 0.2) is 0 Å². The fourth-order valence-electron chi connectivity index (χ4n) is 1.53. The Morgan fingerprint density at radius 2 is 1.94 bits per heavy atom. The lowest BCUT2D eigenvalue weighted by Crippen LogP contribution is -2.32. The van der Waals surface area contributed by atoms with Crippen LogP contribution in [0.25, 0.3) is 0 Å². The number of benzene rings is 1. The third-order valence-electron chi connectivity index (χ3n) is 2.52.